The Morgan fingerprint density at radius 2 is 2.00 bits per heavy atom. The standard InChI is InChI=1S/C20H24ClNO/c21-17-6-7-19-16(12-17)8-10-20(13-15-4-2-1-3-5-15)14-18(23)9-11-22(19)20/h1-5,9,11,16-17,19H,6-8,10,12-14H2. The summed E-state index contributed by atoms with van der Waals surface area (Å²) in [4.78, 5) is 14.7. The molecular weight excluding hydrogens is 306 g/mol. The molecule has 4 atom stereocenters. The molecule has 0 spiro atoms. The molecule has 1 aromatic rings. The van der Waals surface area contributed by atoms with Gasteiger partial charge in [-0.1, -0.05) is 30.3 Å². The Morgan fingerprint density at radius 3 is 2.83 bits per heavy atom. The van der Waals surface area contributed by atoms with Crippen molar-refractivity contribution in [1.29, 1.82) is 0 Å². The van der Waals surface area contributed by atoms with Crippen molar-refractivity contribution in [3.63, 3.8) is 0 Å². The summed E-state index contributed by atoms with van der Waals surface area (Å²) >= 11 is 6.41. The third-order valence-electron chi connectivity index (χ3n) is 6.06. The molecule has 0 N–H and O–H groups in total. The van der Waals surface area contributed by atoms with Gasteiger partial charge in [-0.15, -0.1) is 11.6 Å². The van der Waals surface area contributed by atoms with Crippen LogP contribution in [0.15, 0.2) is 42.6 Å². The third kappa shape index (κ3) is 2.82. The highest BCUT2D eigenvalue weighted by atomic mass is 35.5. The first-order chi connectivity index (χ1) is 11.2. The van der Waals surface area contributed by atoms with Gasteiger partial charge in [0, 0.05) is 24.0 Å². The van der Waals surface area contributed by atoms with E-state index in [0.29, 0.717) is 23.8 Å². The number of fused-ring (bicyclic) bond motifs is 3. The molecule has 0 aromatic heterocycles. The average Bonchev–Trinajstić information content (AvgIpc) is 2.55. The first-order valence-electron chi connectivity index (χ1n) is 8.84. The number of allylic oxidation sites excluding steroid dienone is 1. The maximum atomic E-state index is 12.2. The van der Waals surface area contributed by atoms with E-state index in [1.54, 1.807) is 6.08 Å². The lowest BCUT2D eigenvalue weighted by Gasteiger charge is -2.57. The minimum absolute atomic E-state index is 0.0203. The van der Waals surface area contributed by atoms with Crippen LogP contribution in [-0.2, 0) is 11.2 Å². The van der Waals surface area contributed by atoms with Crippen LogP contribution in [0, 0.1) is 5.92 Å². The van der Waals surface area contributed by atoms with E-state index in [1.165, 1.54) is 12.0 Å². The number of rotatable bonds is 2. The normalized spacial score (nSPS) is 36.5. The number of benzene rings is 1. The zero-order valence-corrected chi connectivity index (χ0v) is 14.2. The maximum Gasteiger partial charge on any atom is 0.159 e. The highest BCUT2D eigenvalue weighted by Gasteiger charge is 2.49. The fraction of sp³-hybridized carbons (Fsp3) is 0.550. The lowest BCUT2D eigenvalue weighted by molar-refractivity contribution is -0.121. The van der Waals surface area contributed by atoms with Crippen molar-refractivity contribution in [2.45, 2.75) is 61.9 Å². The molecule has 0 radical (unpaired) electrons. The van der Waals surface area contributed by atoms with E-state index in [4.69, 9.17) is 11.6 Å². The van der Waals surface area contributed by atoms with Crippen LogP contribution >= 0.6 is 11.6 Å². The number of piperidine rings is 1. The summed E-state index contributed by atoms with van der Waals surface area (Å²) in [6.07, 6.45) is 11.2. The summed E-state index contributed by atoms with van der Waals surface area (Å²) in [6, 6.07) is 11.2. The Kier molecular flexibility index (Phi) is 3.96. The Bertz CT molecular complexity index is 613. The number of ketones is 1. The molecule has 0 amide bonds. The van der Waals surface area contributed by atoms with Crippen molar-refractivity contribution in [1.82, 2.24) is 4.90 Å². The molecule has 2 heterocycles. The van der Waals surface area contributed by atoms with Crippen LogP contribution in [0.4, 0.5) is 0 Å². The monoisotopic (exact) mass is 329 g/mol. The summed E-state index contributed by atoms with van der Waals surface area (Å²) in [5, 5.41) is 0.341. The van der Waals surface area contributed by atoms with Crippen molar-refractivity contribution in [3.05, 3.63) is 48.2 Å². The molecule has 23 heavy (non-hydrogen) atoms. The molecule has 3 heteroatoms. The quantitative estimate of drug-likeness (QED) is 0.753. The Morgan fingerprint density at radius 1 is 1.17 bits per heavy atom. The van der Waals surface area contributed by atoms with E-state index in [0.717, 1.165) is 32.1 Å². The van der Waals surface area contributed by atoms with Crippen molar-refractivity contribution >= 4 is 17.4 Å². The molecule has 4 unspecified atom stereocenters. The molecule has 3 aliphatic rings. The van der Waals surface area contributed by atoms with Gasteiger partial charge in [-0.2, -0.15) is 0 Å². The smallest absolute Gasteiger partial charge is 0.159 e. The topological polar surface area (TPSA) is 20.3 Å². The number of nitrogens with zero attached hydrogens (tertiary/aromatic N) is 1. The predicted octanol–water partition coefficient (Wildman–Crippen LogP) is 4.33. The van der Waals surface area contributed by atoms with Gasteiger partial charge in [0.05, 0.1) is 5.54 Å². The fourth-order valence-electron chi connectivity index (χ4n) is 5.02. The lowest BCUT2D eigenvalue weighted by atomic mass is 9.67. The van der Waals surface area contributed by atoms with E-state index in [2.05, 4.69) is 41.4 Å². The first kappa shape index (κ1) is 15.3. The van der Waals surface area contributed by atoms with E-state index >= 15 is 0 Å². The van der Waals surface area contributed by atoms with Crippen molar-refractivity contribution in [3.8, 4) is 0 Å². The van der Waals surface area contributed by atoms with Crippen LogP contribution < -0.4 is 0 Å². The van der Waals surface area contributed by atoms with E-state index < -0.39 is 0 Å². The summed E-state index contributed by atoms with van der Waals surface area (Å²) in [5.74, 6) is 0.967. The molecule has 122 valence electrons. The minimum atomic E-state index is -0.0203. The van der Waals surface area contributed by atoms with Crippen LogP contribution in [0.3, 0.4) is 0 Å². The highest BCUT2D eigenvalue weighted by molar-refractivity contribution is 6.20. The number of alkyl halides is 1. The van der Waals surface area contributed by atoms with Gasteiger partial charge in [-0.05, 0) is 56.1 Å². The molecule has 1 aliphatic carbocycles. The summed E-state index contributed by atoms with van der Waals surface area (Å²) in [7, 11) is 0. The fourth-order valence-corrected chi connectivity index (χ4v) is 5.37. The number of hydrogen-bond acceptors (Lipinski definition) is 2. The van der Waals surface area contributed by atoms with Crippen LogP contribution in [0.1, 0.15) is 44.1 Å². The second kappa shape index (κ2) is 5.98. The maximum absolute atomic E-state index is 12.2. The Labute approximate surface area is 143 Å². The van der Waals surface area contributed by atoms with Crippen molar-refractivity contribution in [2.24, 2.45) is 5.92 Å². The minimum Gasteiger partial charge on any atom is -0.368 e. The van der Waals surface area contributed by atoms with Crippen LogP contribution in [0.5, 0.6) is 0 Å². The van der Waals surface area contributed by atoms with Gasteiger partial charge in [0.25, 0.3) is 0 Å². The van der Waals surface area contributed by atoms with Gasteiger partial charge >= 0.3 is 0 Å². The third-order valence-corrected chi connectivity index (χ3v) is 6.46. The Balaban J connectivity index is 1.66. The van der Waals surface area contributed by atoms with Gasteiger partial charge in [-0.25, -0.2) is 0 Å². The zero-order chi connectivity index (χ0) is 15.9. The average molecular weight is 330 g/mol. The molecular formula is C20H24ClNO. The number of hydrogen-bond donors (Lipinski definition) is 0. The molecule has 2 nitrogen and oxygen atoms in total. The SMILES string of the molecule is O=C1C=CN2C3CCC(Cl)CC3CCC2(Cc2ccccc2)C1. The van der Waals surface area contributed by atoms with E-state index in [9.17, 15) is 4.79 Å². The molecule has 1 saturated carbocycles. The second-order valence-corrected chi connectivity index (χ2v) is 8.15. The summed E-state index contributed by atoms with van der Waals surface area (Å²) in [5.41, 5.74) is 1.32. The van der Waals surface area contributed by atoms with Gasteiger partial charge in [0.1, 0.15) is 0 Å². The molecule has 2 fully saturated rings. The second-order valence-electron chi connectivity index (χ2n) is 7.53. The predicted molar refractivity (Wildman–Crippen MR) is 93.5 cm³/mol. The van der Waals surface area contributed by atoms with Gasteiger partial charge in [0.2, 0.25) is 0 Å². The van der Waals surface area contributed by atoms with E-state index in [1.807, 2.05) is 0 Å². The zero-order valence-electron chi connectivity index (χ0n) is 13.5. The molecule has 0 bridgehead atoms. The molecule has 1 saturated heterocycles. The summed E-state index contributed by atoms with van der Waals surface area (Å²) in [6.45, 7) is 0. The summed E-state index contributed by atoms with van der Waals surface area (Å²) < 4.78 is 0. The van der Waals surface area contributed by atoms with Crippen LogP contribution in [-0.4, -0.2) is 27.6 Å². The lowest BCUT2D eigenvalue weighted by Crippen LogP contribution is -2.61. The first-order valence-corrected chi connectivity index (χ1v) is 9.27. The Hall–Kier alpha value is -1.28. The number of halogens is 1. The van der Waals surface area contributed by atoms with Crippen LogP contribution in [0.2, 0.25) is 0 Å². The highest BCUT2D eigenvalue weighted by Crippen LogP contribution is 2.47. The van der Waals surface area contributed by atoms with Crippen molar-refractivity contribution < 1.29 is 4.79 Å². The molecule has 2 aliphatic heterocycles. The number of carbonyl (C=O) groups is 1. The molecule has 1 aromatic carbocycles. The molecule has 4 rings (SSSR count). The van der Waals surface area contributed by atoms with Crippen LogP contribution in [0.25, 0.3) is 0 Å². The van der Waals surface area contributed by atoms with Gasteiger partial charge in [0.15, 0.2) is 5.78 Å². The van der Waals surface area contributed by atoms with Gasteiger partial charge in [-0.3, -0.25) is 4.79 Å². The van der Waals surface area contributed by atoms with Crippen molar-refractivity contribution in [2.75, 3.05) is 0 Å². The van der Waals surface area contributed by atoms with Gasteiger partial charge < -0.3 is 4.90 Å². The largest absolute Gasteiger partial charge is 0.368 e. The van der Waals surface area contributed by atoms with E-state index in [-0.39, 0.29) is 11.3 Å². The number of carbonyl (C=O) groups excluding carboxylic acids is 1.